The van der Waals surface area contributed by atoms with Gasteiger partial charge in [0.05, 0.1) is 0 Å². The second-order valence-corrected chi connectivity index (χ2v) is 4.27. The van der Waals surface area contributed by atoms with E-state index in [9.17, 15) is 4.79 Å². The Balaban J connectivity index is 2.01. The Bertz CT molecular complexity index is 383. The number of aryl methyl sites for hydroxylation is 1. The summed E-state index contributed by atoms with van der Waals surface area (Å²) >= 11 is 0. The maximum Gasteiger partial charge on any atom is 0.224 e. The van der Waals surface area contributed by atoms with Crippen molar-refractivity contribution in [2.75, 3.05) is 11.1 Å². The summed E-state index contributed by atoms with van der Waals surface area (Å²) in [6, 6.07) is 5.56. The van der Waals surface area contributed by atoms with E-state index in [2.05, 4.69) is 5.32 Å². The van der Waals surface area contributed by atoms with Gasteiger partial charge in [-0.05, 0) is 43.4 Å². The molecule has 0 aliphatic heterocycles. The van der Waals surface area contributed by atoms with Crippen molar-refractivity contribution in [1.82, 2.24) is 0 Å². The number of nitrogen functional groups attached to an aromatic ring is 1. The quantitative estimate of drug-likeness (QED) is 0.742. The lowest BCUT2D eigenvalue weighted by atomic mass is 10.1. The van der Waals surface area contributed by atoms with E-state index in [1.165, 1.54) is 12.8 Å². The fourth-order valence-electron chi connectivity index (χ4n) is 1.56. The van der Waals surface area contributed by atoms with E-state index in [0.717, 1.165) is 11.3 Å². The number of carbonyl (C=O) groups is 1. The molecule has 0 saturated heterocycles. The highest BCUT2D eigenvalue weighted by Gasteiger charge is 2.24. The summed E-state index contributed by atoms with van der Waals surface area (Å²) in [5, 5.41) is 2.90. The fourth-order valence-corrected chi connectivity index (χ4v) is 1.56. The Morgan fingerprint density at radius 3 is 2.93 bits per heavy atom. The zero-order valence-electron chi connectivity index (χ0n) is 8.92. The summed E-state index contributed by atoms with van der Waals surface area (Å²) in [6.07, 6.45) is 3.04. The van der Waals surface area contributed by atoms with Crippen LogP contribution in [0.4, 0.5) is 11.4 Å². The number of nitrogens with two attached hydrogens (primary N) is 1. The van der Waals surface area contributed by atoms with E-state index in [1.807, 2.05) is 19.1 Å². The predicted molar refractivity (Wildman–Crippen MR) is 61.6 cm³/mol. The summed E-state index contributed by atoms with van der Waals surface area (Å²) < 4.78 is 0. The van der Waals surface area contributed by atoms with Crippen molar-refractivity contribution in [2.24, 2.45) is 5.92 Å². The molecule has 80 valence electrons. The molecule has 1 aromatic rings. The molecular weight excluding hydrogens is 188 g/mol. The average molecular weight is 204 g/mol. The van der Waals surface area contributed by atoms with Crippen LogP contribution in [0.15, 0.2) is 18.2 Å². The minimum atomic E-state index is 0.103. The van der Waals surface area contributed by atoms with Crippen LogP contribution in [0, 0.1) is 12.8 Å². The second-order valence-electron chi connectivity index (χ2n) is 4.27. The van der Waals surface area contributed by atoms with Crippen molar-refractivity contribution >= 4 is 17.3 Å². The van der Waals surface area contributed by atoms with Gasteiger partial charge in [-0.25, -0.2) is 0 Å². The molecule has 1 aromatic carbocycles. The first-order chi connectivity index (χ1) is 7.15. The highest BCUT2D eigenvalue weighted by Crippen LogP contribution is 2.32. The number of hydrogen-bond acceptors (Lipinski definition) is 2. The predicted octanol–water partition coefficient (Wildman–Crippen LogP) is 2.32. The van der Waals surface area contributed by atoms with Crippen LogP contribution in [0.25, 0.3) is 0 Å². The molecule has 0 bridgehead atoms. The zero-order valence-corrected chi connectivity index (χ0v) is 8.92. The van der Waals surface area contributed by atoms with Crippen molar-refractivity contribution < 1.29 is 4.79 Å². The minimum absolute atomic E-state index is 0.103. The van der Waals surface area contributed by atoms with E-state index in [-0.39, 0.29) is 5.91 Å². The van der Waals surface area contributed by atoms with Crippen LogP contribution in [0.2, 0.25) is 0 Å². The number of rotatable bonds is 3. The summed E-state index contributed by atoms with van der Waals surface area (Å²) in [6.45, 7) is 1.96. The lowest BCUT2D eigenvalue weighted by molar-refractivity contribution is -0.116. The molecule has 1 amide bonds. The van der Waals surface area contributed by atoms with Crippen molar-refractivity contribution in [1.29, 1.82) is 0 Å². The van der Waals surface area contributed by atoms with E-state index in [4.69, 9.17) is 5.73 Å². The summed E-state index contributed by atoms with van der Waals surface area (Å²) in [7, 11) is 0. The van der Waals surface area contributed by atoms with Gasteiger partial charge in [0.15, 0.2) is 0 Å². The Kier molecular flexibility index (Phi) is 2.62. The van der Waals surface area contributed by atoms with Gasteiger partial charge in [-0.1, -0.05) is 6.07 Å². The maximum absolute atomic E-state index is 11.6. The van der Waals surface area contributed by atoms with Crippen LogP contribution >= 0.6 is 0 Å². The summed E-state index contributed by atoms with van der Waals surface area (Å²) in [5.74, 6) is 0.720. The van der Waals surface area contributed by atoms with Crippen molar-refractivity contribution in [2.45, 2.75) is 26.2 Å². The van der Waals surface area contributed by atoms with Gasteiger partial charge in [0.25, 0.3) is 0 Å². The smallest absolute Gasteiger partial charge is 0.224 e. The molecule has 15 heavy (non-hydrogen) atoms. The van der Waals surface area contributed by atoms with Crippen LogP contribution in [0.3, 0.4) is 0 Å². The normalized spacial score (nSPS) is 15.0. The van der Waals surface area contributed by atoms with Gasteiger partial charge in [0.2, 0.25) is 5.91 Å². The number of hydrogen-bond donors (Lipinski definition) is 2. The van der Waals surface area contributed by atoms with Gasteiger partial charge in [-0.3, -0.25) is 4.79 Å². The van der Waals surface area contributed by atoms with Gasteiger partial charge in [-0.15, -0.1) is 0 Å². The highest BCUT2D eigenvalue weighted by molar-refractivity contribution is 5.92. The molecule has 3 heteroatoms. The van der Waals surface area contributed by atoms with Crippen LogP contribution in [-0.2, 0) is 4.79 Å². The van der Waals surface area contributed by atoms with Crippen molar-refractivity contribution in [3.8, 4) is 0 Å². The van der Waals surface area contributed by atoms with Crippen LogP contribution < -0.4 is 11.1 Å². The molecule has 1 aliphatic carbocycles. The third-order valence-corrected chi connectivity index (χ3v) is 2.71. The number of anilines is 2. The molecule has 0 aromatic heterocycles. The largest absolute Gasteiger partial charge is 0.399 e. The lowest BCUT2D eigenvalue weighted by Crippen LogP contribution is -2.13. The Morgan fingerprint density at radius 2 is 2.27 bits per heavy atom. The first-order valence-electron chi connectivity index (χ1n) is 5.31. The van der Waals surface area contributed by atoms with E-state index in [1.54, 1.807) is 6.07 Å². The molecule has 2 rings (SSSR count). The summed E-state index contributed by atoms with van der Waals surface area (Å²) in [4.78, 5) is 11.6. The van der Waals surface area contributed by atoms with Gasteiger partial charge < -0.3 is 11.1 Å². The topological polar surface area (TPSA) is 55.1 Å². The standard InChI is InChI=1S/C12H16N2O/c1-8-2-5-10(13)7-11(8)14-12(15)6-9-3-4-9/h2,5,7,9H,3-4,6,13H2,1H3,(H,14,15). The second kappa shape index (κ2) is 3.93. The number of benzene rings is 1. The number of amides is 1. The molecule has 0 atom stereocenters. The highest BCUT2D eigenvalue weighted by atomic mass is 16.1. The van der Waals surface area contributed by atoms with Crippen LogP contribution in [0.1, 0.15) is 24.8 Å². The molecule has 1 fully saturated rings. The Morgan fingerprint density at radius 1 is 1.53 bits per heavy atom. The number of carbonyl (C=O) groups excluding carboxylic acids is 1. The first-order valence-corrected chi connectivity index (χ1v) is 5.31. The van der Waals surface area contributed by atoms with Crippen molar-refractivity contribution in [3.05, 3.63) is 23.8 Å². The van der Waals surface area contributed by atoms with Gasteiger partial charge >= 0.3 is 0 Å². The minimum Gasteiger partial charge on any atom is -0.399 e. The zero-order chi connectivity index (χ0) is 10.8. The Hall–Kier alpha value is -1.51. The van der Waals surface area contributed by atoms with Gasteiger partial charge in [-0.2, -0.15) is 0 Å². The third-order valence-electron chi connectivity index (χ3n) is 2.71. The van der Waals surface area contributed by atoms with E-state index >= 15 is 0 Å². The molecular formula is C12H16N2O. The Labute approximate surface area is 89.7 Å². The maximum atomic E-state index is 11.6. The monoisotopic (exact) mass is 204 g/mol. The van der Waals surface area contributed by atoms with Gasteiger partial charge in [0.1, 0.15) is 0 Å². The van der Waals surface area contributed by atoms with Crippen LogP contribution in [-0.4, -0.2) is 5.91 Å². The van der Waals surface area contributed by atoms with Crippen molar-refractivity contribution in [3.63, 3.8) is 0 Å². The molecule has 0 spiro atoms. The molecule has 0 heterocycles. The molecule has 1 aliphatic rings. The first kappa shape index (κ1) is 10.0. The molecule has 0 radical (unpaired) electrons. The van der Waals surface area contributed by atoms with E-state index < -0.39 is 0 Å². The molecule has 1 saturated carbocycles. The van der Waals surface area contributed by atoms with Gasteiger partial charge in [0, 0.05) is 17.8 Å². The lowest BCUT2D eigenvalue weighted by Gasteiger charge is -2.08. The SMILES string of the molecule is Cc1ccc(N)cc1NC(=O)CC1CC1. The average Bonchev–Trinajstić information content (AvgIpc) is 2.95. The van der Waals surface area contributed by atoms with Crippen LogP contribution in [0.5, 0.6) is 0 Å². The molecule has 0 unspecified atom stereocenters. The van der Waals surface area contributed by atoms with E-state index in [0.29, 0.717) is 18.0 Å². The third kappa shape index (κ3) is 2.72. The molecule has 3 N–H and O–H groups in total. The number of nitrogens with one attached hydrogen (secondary N) is 1. The summed E-state index contributed by atoms with van der Waals surface area (Å²) in [5.41, 5.74) is 8.23. The fraction of sp³-hybridized carbons (Fsp3) is 0.417. The molecule has 3 nitrogen and oxygen atoms in total.